The Labute approximate surface area is 225 Å². The summed E-state index contributed by atoms with van der Waals surface area (Å²) in [6.45, 7) is 1.42. The number of anilines is 1. The Kier molecular flexibility index (Phi) is 8.43. The summed E-state index contributed by atoms with van der Waals surface area (Å²) in [5.41, 5.74) is 0.576. The van der Waals surface area contributed by atoms with E-state index in [2.05, 4.69) is 0 Å². The Morgan fingerprint density at radius 3 is 2.56 bits per heavy atom. The van der Waals surface area contributed by atoms with Gasteiger partial charge in [0.2, 0.25) is 15.9 Å². The largest absolute Gasteiger partial charge is 0.494 e. The van der Waals surface area contributed by atoms with E-state index in [0.29, 0.717) is 57.0 Å². The quantitative estimate of drug-likeness (QED) is 0.369. The molecule has 1 amide bonds. The first-order chi connectivity index (χ1) is 17.1. The first-order valence-corrected chi connectivity index (χ1v) is 14.5. The summed E-state index contributed by atoms with van der Waals surface area (Å²) in [7, 11) is 1.60. The van der Waals surface area contributed by atoms with Crippen molar-refractivity contribution in [1.29, 1.82) is 0 Å². The van der Waals surface area contributed by atoms with Crippen molar-refractivity contribution in [2.75, 3.05) is 45.7 Å². The van der Waals surface area contributed by atoms with Crippen molar-refractivity contribution in [2.45, 2.75) is 30.2 Å². The van der Waals surface area contributed by atoms with Gasteiger partial charge in [0.1, 0.15) is 17.3 Å². The Balaban J connectivity index is 1.70. The number of carbonyl (C=O) groups excluding carboxylic acids is 1. The summed E-state index contributed by atoms with van der Waals surface area (Å²) in [6.07, 6.45) is 1.72. The number of hydrogen-bond acceptors (Lipinski definition) is 7. The molecule has 1 aliphatic heterocycles. The van der Waals surface area contributed by atoms with Crippen LogP contribution in [-0.4, -0.2) is 75.4 Å². The lowest BCUT2D eigenvalue weighted by Crippen LogP contribution is -2.48. The third-order valence-corrected chi connectivity index (χ3v) is 9.77. The van der Waals surface area contributed by atoms with Gasteiger partial charge in [0.15, 0.2) is 5.13 Å². The fraction of sp³-hybridized carbons (Fsp3) is 0.417. The monoisotopic (exact) mass is 570 g/mol. The van der Waals surface area contributed by atoms with E-state index in [4.69, 9.17) is 32.9 Å². The molecule has 36 heavy (non-hydrogen) atoms. The van der Waals surface area contributed by atoms with Crippen molar-refractivity contribution in [3.05, 3.63) is 46.4 Å². The number of carbonyl (C=O) groups is 1. The van der Waals surface area contributed by atoms with Crippen LogP contribution in [0.2, 0.25) is 10.0 Å². The summed E-state index contributed by atoms with van der Waals surface area (Å²) in [5.74, 6) is 0.267. The molecule has 2 heterocycles. The van der Waals surface area contributed by atoms with E-state index in [9.17, 15) is 13.2 Å². The molecule has 8 nitrogen and oxygen atoms in total. The number of aromatic nitrogens is 1. The highest BCUT2D eigenvalue weighted by Crippen LogP contribution is 2.39. The fourth-order valence-electron chi connectivity index (χ4n) is 4.26. The molecule has 0 spiro atoms. The molecular weight excluding hydrogens is 543 g/mol. The van der Waals surface area contributed by atoms with Gasteiger partial charge >= 0.3 is 0 Å². The van der Waals surface area contributed by atoms with E-state index in [0.717, 1.165) is 6.54 Å². The molecule has 0 N–H and O–H groups in total. The third-order valence-electron chi connectivity index (χ3n) is 6.06. The van der Waals surface area contributed by atoms with Crippen molar-refractivity contribution in [3.8, 4) is 5.75 Å². The maximum absolute atomic E-state index is 14.0. The number of thiazole rings is 1. The highest BCUT2D eigenvalue weighted by atomic mass is 35.5. The first kappa shape index (κ1) is 27.1. The SMILES string of the molecule is COc1ccc(Cl)c2sc(N(CCCN(C)C)C(=O)C3CCCN3S(=O)(=O)c3ccc(Cl)cc3)nc12. The second kappa shape index (κ2) is 11.2. The van der Waals surface area contributed by atoms with Crippen LogP contribution < -0.4 is 9.64 Å². The van der Waals surface area contributed by atoms with Crippen molar-refractivity contribution < 1.29 is 17.9 Å². The minimum atomic E-state index is -3.88. The zero-order chi connectivity index (χ0) is 26.0. The second-order valence-electron chi connectivity index (χ2n) is 8.80. The van der Waals surface area contributed by atoms with Crippen LogP contribution in [-0.2, 0) is 14.8 Å². The number of halogens is 2. The molecule has 1 saturated heterocycles. The lowest BCUT2D eigenvalue weighted by molar-refractivity contribution is -0.121. The molecule has 3 aromatic rings. The van der Waals surface area contributed by atoms with Gasteiger partial charge in [-0.2, -0.15) is 4.31 Å². The van der Waals surface area contributed by atoms with E-state index in [1.54, 1.807) is 24.1 Å². The average molecular weight is 572 g/mol. The molecular formula is C24H28Cl2N4O4S2. The van der Waals surface area contributed by atoms with Gasteiger partial charge in [0.25, 0.3) is 0 Å². The standard InChI is InChI=1S/C24H28Cl2N4O4S2/c1-28(2)13-5-14-29(24-27-21-20(34-3)12-11-18(26)22(21)35-24)23(31)19-6-4-15-30(19)36(32,33)17-9-7-16(25)8-10-17/h7-12,19H,4-6,13-15H2,1-3H3. The number of rotatable bonds is 9. The highest BCUT2D eigenvalue weighted by Gasteiger charge is 2.42. The summed E-state index contributed by atoms with van der Waals surface area (Å²) in [5, 5.41) is 1.43. The van der Waals surface area contributed by atoms with Crippen LogP contribution in [0.4, 0.5) is 5.13 Å². The smallest absolute Gasteiger partial charge is 0.247 e. The molecule has 0 bridgehead atoms. The van der Waals surface area contributed by atoms with Crippen LogP contribution in [0.15, 0.2) is 41.3 Å². The fourth-order valence-corrected chi connectivity index (χ4v) is 7.33. The maximum Gasteiger partial charge on any atom is 0.247 e. The van der Waals surface area contributed by atoms with Gasteiger partial charge in [-0.25, -0.2) is 13.4 Å². The summed E-state index contributed by atoms with van der Waals surface area (Å²) < 4.78 is 34.4. The lowest BCUT2D eigenvalue weighted by Gasteiger charge is -2.29. The van der Waals surface area contributed by atoms with E-state index in [1.807, 2.05) is 19.0 Å². The Bertz CT molecular complexity index is 1350. The molecule has 1 unspecified atom stereocenters. The number of fused-ring (bicyclic) bond motifs is 1. The first-order valence-electron chi connectivity index (χ1n) is 11.5. The van der Waals surface area contributed by atoms with Crippen LogP contribution >= 0.6 is 34.5 Å². The molecule has 4 rings (SSSR count). The number of nitrogens with zero attached hydrogens (tertiary/aromatic N) is 4. The Morgan fingerprint density at radius 1 is 1.17 bits per heavy atom. The average Bonchev–Trinajstić information content (AvgIpc) is 3.51. The van der Waals surface area contributed by atoms with Crippen molar-refractivity contribution >= 4 is 65.8 Å². The minimum absolute atomic E-state index is 0.113. The van der Waals surface area contributed by atoms with Crippen molar-refractivity contribution in [2.24, 2.45) is 0 Å². The molecule has 1 aliphatic rings. The summed E-state index contributed by atoms with van der Waals surface area (Å²) in [6, 6.07) is 8.65. The molecule has 2 aromatic carbocycles. The number of hydrogen-bond donors (Lipinski definition) is 0. The maximum atomic E-state index is 14.0. The molecule has 1 aromatic heterocycles. The van der Waals surface area contributed by atoms with Gasteiger partial charge in [-0.05, 0) is 76.3 Å². The molecule has 0 aliphatic carbocycles. The number of sulfonamides is 1. The van der Waals surface area contributed by atoms with E-state index in [-0.39, 0.29) is 17.3 Å². The topological polar surface area (TPSA) is 83.0 Å². The van der Waals surface area contributed by atoms with Crippen molar-refractivity contribution in [3.63, 3.8) is 0 Å². The van der Waals surface area contributed by atoms with Crippen LogP contribution in [0.25, 0.3) is 10.2 Å². The predicted molar refractivity (Wildman–Crippen MR) is 145 cm³/mol. The zero-order valence-corrected chi connectivity index (χ0v) is 23.4. The second-order valence-corrected chi connectivity index (χ2v) is 12.5. The molecule has 1 atom stereocenters. The van der Waals surface area contributed by atoms with Gasteiger partial charge < -0.3 is 9.64 Å². The van der Waals surface area contributed by atoms with Crippen molar-refractivity contribution in [1.82, 2.24) is 14.2 Å². The number of ether oxygens (including phenoxy) is 1. The Hall–Kier alpha value is -1.95. The Morgan fingerprint density at radius 2 is 1.89 bits per heavy atom. The van der Waals surface area contributed by atoms with Gasteiger partial charge in [0.05, 0.1) is 21.7 Å². The highest BCUT2D eigenvalue weighted by molar-refractivity contribution is 7.89. The van der Waals surface area contributed by atoms with E-state index < -0.39 is 16.1 Å². The molecule has 0 saturated carbocycles. The van der Waals surface area contributed by atoms with E-state index >= 15 is 0 Å². The van der Waals surface area contributed by atoms with Gasteiger partial charge in [-0.15, -0.1) is 0 Å². The predicted octanol–water partition coefficient (Wildman–Crippen LogP) is 4.75. The lowest BCUT2D eigenvalue weighted by atomic mass is 10.2. The van der Waals surface area contributed by atoms with Crippen LogP contribution in [0.3, 0.4) is 0 Å². The van der Waals surface area contributed by atoms with Crippen LogP contribution in [0.5, 0.6) is 5.75 Å². The summed E-state index contributed by atoms with van der Waals surface area (Å²) >= 11 is 13.7. The molecule has 194 valence electrons. The van der Waals surface area contributed by atoms with Crippen LogP contribution in [0, 0.1) is 0 Å². The van der Waals surface area contributed by atoms with Gasteiger partial charge in [-0.3, -0.25) is 9.69 Å². The van der Waals surface area contributed by atoms with Gasteiger partial charge in [0, 0.05) is 18.1 Å². The number of amides is 1. The number of benzene rings is 2. The number of methoxy groups -OCH3 is 1. The minimum Gasteiger partial charge on any atom is -0.494 e. The van der Waals surface area contributed by atoms with E-state index in [1.165, 1.54) is 39.9 Å². The zero-order valence-electron chi connectivity index (χ0n) is 20.3. The van der Waals surface area contributed by atoms with Crippen LogP contribution in [0.1, 0.15) is 19.3 Å². The molecule has 1 fully saturated rings. The normalized spacial score (nSPS) is 16.7. The summed E-state index contributed by atoms with van der Waals surface area (Å²) in [4.78, 5) is 22.4. The van der Waals surface area contributed by atoms with Gasteiger partial charge in [-0.1, -0.05) is 34.5 Å². The molecule has 12 heteroatoms. The third kappa shape index (κ3) is 5.49. The molecule has 0 radical (unpaired) electrons.